The molecule has 3 fully saturated rings. The van der Waals surface area contributed by atoms with E-state index in [0.29, 0.717) is 33.8 Å². The van der Waals surface area contributed by atoms with E-state index in [1.807, 2.05) is 42.5 Å². The predicted octanol–water partition coefficient (Wildman–Crippen LogP) is 4.92. The molecule has 0 amide bonds. The number of anilines is 1. The van der Waals surface area contributed by atoms with E-state index in [1.54, 1.807) is 14.2 Å². The maximum absolute atomic E-state index is 5.97. The average Bonchev–Trinajstić information content (AvgIpc) is 3.30. The lowest BCUT2D eigenvalue weighted by Gasteiger charge is -2.50. The zero-order valence-electron chi connectivity index (χ0n) is 20.8. The number of hydrogen-bond donors (Lipinski definition) is 2. The lowest BCUT2D eigenvalue weighted by atomic mass is 9.74. The fourth-order valence-corrected chi connectivity index (χ4v) is 5.90. The van der Waals surface area contributed by atoms with Gasteiger partial charge in [-0.1, -0.05) is 11.6 Å². The van der Waals surface area contributed by atoms with Gasteiger partial charge in [-0.15, -0.1) is 0 Å². The van der Waals surface area contributed by atoms with Crippen LogP contribution in [0.4, 0.5) is 5.69 Å². The minimum atomic E-state index is 0.473. The van der Waals surface area contributed by atoms with E-state index >= 15 is 0 Å². The van der Waals surface area contributed by atoms with E-state index in [-0.39, 0.29) is 0 Å². The molecule has 9 heteroatoms. The van der Waals surface area contributed by atoms with Crippen LogP contribution in [-0.4, -0.2) is 59.7 Å². The number of nitrogens with one attached hydrogen (secondary N) is 2. The van der Waals surface area contributed by atoms with E-state index in [4.69, 9.17) is 38.4 Å². The largest absolute Gasteiger partial charge is 0.493 e. The molecule has 4 atom stereocenters. The fraction of sp³-hybridized carbons (Fsp3) is 0.407. The lowest BCUT2D eigenvalue weighted by molar-refractivity contribution is 0.0303. The molecule has 0 saturated carbocycles. The van der Waals surface area contributed by atoms with Crippen LogP contribution in [-0.2, 0) is 7.05 Å². The van der Waals surface area contributed by atoms with Crippen molar-refractivity contribution >= 4 is 34.6 Å². The van der Waals surface area contributed by atoms with Crippen molar-refractivity contribution in [3.05, 3.63) is 59.2 Å². The summed E-state index contributed by atoms with van der Waals surface area (Å²) in [6.45, 7) is 3.01. The molecular weight excluding hydrogens is 494 g/mol. The molecule has 190 valence electrons. The Kier molecular flexibility index (Phi) is 7.37. The van der Waals surface area contributed by atoms with E-state index < -0.39 is 0 Å². The van der Waals surface area contributed by atoms with Gasteiger partial charge in [0.2, 0.25) is 0 Å². The quantitative estimate of drug-likeness (QED) is 0.424. The second-order valence-electron chi connectivity index (χ2n) is 9.53. The van der Waals surface area contributed by atoms with Crippen molar-refractivity contribution in [2.75, 3.05) is 39.2 Å². The number of halogens is 1. The van der Waals surface area contributed by atoms with Gasteiger partial charge in [-0.25, -0.2) is 0 Å². The number of hydrogen-bond acceptors (Lipinski definition) is 5. The van der Waals surface area contributed by atoms with Crippen molar-refractivity contribution in [2.45, 2.75) is 24.8 Å². The first kappa shape index (κ1) is 24.9. The van der Waals surface area contributed by atoms with Crippen LogP contribution >= 0.6 is 23.8 Å². The first-order valence-corrected chi connectivity index (χ1v) is 13.0. The second kappa shape index (κ2) is 10.7. The van der Waals surface area contributed by atoms with Crippen LogP contribution in [0.1, 0.15) is 24.5 Å². The summed E-state index contributed by atoms with van der Waals surface area (Å²) >= 11 is 11.5. The standard InChI is InChI=1S/C27H32ClN5O2S/c1-32-24(14-23(31-32)18-4-9-25(34-2)26(13-18)35-3)22-16-33-11-10-17(22)12-21(33)15-29-27(36)30-20-7-5-19(28)6-8-20/h4-9,13-14,17,21-22H,10-12,15-16H2,1-3H3,(H2,29,30,36)/t17-,21+,22+/m0/s1. The number of nitrogens with zero attached hydrogens (tertiary/aromatic N) is 3. The zero-order valence-corrected chi connectivity index (χ0v) is 22.4. The first-order valence-electron chi connectivity index (χ1n) is 12.3. The van der Waals surface area contributed by atoms with Gasteiger partial charge in [-0.05, 0) is 86.1 Å². The Hall–Kier alpha value is -2.81. The van der Waals surface area contributed by atoms with Crippen LogP contribution in [0.15, 0.2) is 48.5 Å². The molecule has 3 aliphatic heterocycles. The second-order valence-corrected chi connectivity index (χ2v) is 10.4. The number of rotatable bonds is 7. The molecule has 36 heavy (non-hydrogen) atoms. The van der Waals surface area contributed by atoms with Gasteiger partial charge in [-0.3, -0.25) is 9.58 Å². The number of benzene rings is 2. The Morgan fingerprint density at radius 1 is 1.11 bits per heavy atom. The third-order valence-corrected chi connectivity index (χ3v) is 7.95. The van der Waals surface area contributed by atoms with Gasteiger partial charge in [0, 0.05) is 54.1 Å². The van der Waals surface area contributed by atoms with Gasteiger partial charge >= 0.3 is 0 Å². The highest BCUT2D eigenvalue weighted by Crippen LogP contribution is 2.42. The molecular formula is C27H32ClN5O2S. The molecule has 3 aliphatic rings. The smallest absolute Gasteiger partial charge is 0.170 e. The van der Waals surface area contributed by atoms with Crippen molar-refractivity contribution < 1.29 is 9.47 Å². The minimum absolute atomic E-state index is 0.473. The molecule has 4 heterocycles. The maximum Gasteiger partial charge on any atom is 0.170 e. The zero-order chi connectivity index (χ0) is 25.2. The van der Waals surface area contributed by atoms with Gasteiger partial charge in [-0.2, -0.15) is 5.10 Å². The minimum Gasteiger partial charge on any atom is -0.493 e. The number of methoxy groups -OCH3 is 2. The van der Waals surface area contributed by atoms with Crippen LogP contribution in [0, 0.1) is 5.92 Å². The number of ether oxygens (including phenoxy) is 2. The first-order chi connectivity index (χ1) is 17.4. The summed E-state index contributed by atoms with van der Waals surface area (Å²) < 4.78 is 12.9. The van der Waals surface area contributed by atoms with E-state index in [9.17, 15) is 0 Å². The summed E-state index contributed by atoms with van der Waals surface area (Å²) in [6.07, 6.45) is 2.36. The van der Waals surface area contributed by atoms with Crippen LogP contribution in [0.5, 0.6) is 11.5 Å². The fourth-order valence-electron chi connectivity index (χ4n) is 5.57. The highest BCUT2D eigenvalue weighted by Gasteiger charge is 2.41. The van der Waals surface area contributed by atoms with Crippen molar-refractivity contribution in [1.29, 1.82) is 0 Å². The molecule has 1 aromatic heterocycles. The van der Waals surface area contributed by atoms with Crippen molar-refractivity contribution in [3.63, 3.8) is 0 Å². The van der Waals surface area contributed by atoms with Gasteiger partial charge in [0.05, 0.1) is 19.9 Å². The molecule has 2 bridgehead atoms. The van der Waals surface area contributed by atoms with Gasteiger partial charge in [0.1, 0.15) is 0 Å². The van der Waals surface area contributed by atoms with Crippen molar-refractivity contribution in [1.82, 2.24) is 20.0 Å². The summed E-state index contributed by atoms with van der Waals surface area (Å²) in [6, 6.07) is 16.2. The molecule has 3 aromatic rings. The predicted molar refractivity (Wildman–Crippen MR) is 148 cm³/mol. The summed E-state index contributed by atoms with van der Waals surface area (Å²) in [7, 11) is 5.36. The Balaban J connectivity index is 1.22. The van der Waals surface area contributed by atoms with Gasteiger partial charge < -0.3 is 20.1 Å². The number of piperidine rings is 3. The Bertz CT molecular complexity index is 1230. The van der Waals surface area contributed by atoms with E-state index in [0.717, 1.165) is 48.7 Å². The highest BCUT2D eigenvalue weighted by atomic mass is 35.5. The third kappa shape index (κ3) is 5.16. The van der Waals surface area contributed by atoms with E-state index in [2.05, 4.69) is 33.3 Å². The Labute approximate surface area is 222 Å². The van der Waals surface area contributed by atoms with Crippen LogP contribution in [0.25, 0.3) is 11.3 Å². The Morgan fingerprint density at radius 2 is 1.89 bits per heavy atom. The summed E-state index contributed by atoms with van der Waals surface area (Å²) in [5, 5.41) is 12.9. The van der Waals surface area contributed by atoms with Gasteiger partial charge in [0.15, 0.2) is 16.6 Å². The molecule has 1 unspecified atom stereocenters. The number of aromatic nitrogens is 2. The van der Waals surface area contributed by atoms with Crippen molar-refractivity contribution in [2.24, 2.45) is 13.0 Å². The van der Waals surface area contributed by atoms with Gasteiger partial charge in [0.25, 0.3) is 0 Å². The normalized spacial score (nSPS) is 22.8. The SMILES string of the molecule is COc1ccc(-c2cc([C@@H]3CN4CC[C@H]3C[C@@H]4CNC(=S)Nc3ccc(Cl)cc3)n(C)n2)cc1OC. The van der Waals surface area contributed by atoms with Crippen molar-refractivity contribution in [3.8, 4) is 22.8 Å². The average molecular weight is 526 g/mol. The van der Waals surface area contributed by atoms with Crippen LogP contribution in [0.3, 0.4) is 0 Å². The molecule has 0 spiro atoms. The molecule has 3 saturated heterocycles. The molecule has 0 aliphatic carbocycles. The number of thiocarbonyl (C=S) groups is 1. The molecule has 6 rings (SSSR count). The molecule has 2 aromatic carbocycles. The third-order valence-electron chi connectivity index (χ3n) is 7.45. The number of aryl methyl sites for hydroxylation is 1. The van der Waals surface area contributed by atoms with Crippen LogP contribution < -0.4 is 20.1 Å². The maximum atomic E-state index is 5.97. The monoisotopic (exact) mass is 525 g/mol. The lowest BCUT2D eigenvalue weighted by Crippen LogP contribution is -2.56. The number of fused-ring (bicyclic) bond motifs is 3. The topological polar surface area (TPSA) is 63.6 Å². The summed E-state index contributed by atoms with van der Waals surface area (Å²) in [5.41, 5.74) is 4.21. The molecule has 2 N–H and O–H groups in total. The summed E-state index contributed by atoms with van der Waals surface area (Å²) in [5.74, 6) is 2.54. The van der Waals surface area contributed by atoms with Crippen LogP contribution in [0.2, 0.25) is 5.02 Å². The molecule has 7 nitrogen and oxygen atoms in total. The summed E-state index contributed by atoms with van der Waals surface area (Å²) in [4.78, 5) is 2.60. The van der Waals surface area contributed by atoms with E-state index in [1.165, 1.54) is 12.1 Å². The molecule has 0 radical (unpaired) electrons. The Morgan fingerprint density at radius 3 is 2.58 bits per heavy atom. The highest BCUT2D eigenvalue weighted by molar-refractivity contribution is 7.80.